The summed E-state index contributed by atoms with van der Waals surface area (Å²) in [5, 5.41) is 5.47. The number of thiophene rings is 1. The van der Waals surface area contributed by atoms with Gasteiger partial charge < -0.3 is 5.32 Å². The van der Waals surface area contributed by atoms with Crippen LogP contribution in [-0.2, 0) is 6.54 Å². The average Bonchev–Trinajstić information content (AvgIpc) is 3.08. The summed E-state index contributed by atoms with van der Waals surface area (Å²) in [5.74, 6) is 0.862. The number of imidazole rings is 1. The Kier molecular flexibility index (Phi) is 3.61. The molecule has 4 nitrogen and oxygen atoms in total. The third-order valence-electron chi connectivity index (χ3n) is 2.64. The number of hydrogen-bond donors (Lipinski definition) is 1. The van der Waals surface area contributed by atoms with Crippen LogP contribution >= 0.6 is 27.3 Å². The second-order valence-electron chi connectivity index (χ2n) is 3.99. The molecule has 1 N–H and O–H groups in total. The van der Waals surface area contributed by atoms with E-state index in [1.165, 1.54) is 5.56 Å². The molecule has 3 aromatic heterocycles. The van der Waals surface area contributed by atoms with E-state index in [1.54, 1.807) is 23.9 Å². The summed E-state index contributed by atoms with van der Waals surface area (Å²) < 4.78 is 3.03. The minimum Gasteiger partial charge on any atom is -0.380 e. The molecule has 0 aliphatic heterocycles. The first kappa shape index (κ1) is 12.4. The largest absolute Gasteiger partial charge is 0.380 e. The Morgan fingerprint density at radius 2 is 2.32 bits per heavy atom. The van der Waals surface area contributed by atoms with Crippen molar-refractivity contribution in [3.63, 3.8) is 0 Å². The summed E-state index contributed by atoms with van der Waals surface area (Å²) in [6.45, 7) is 0.800. The van der Waals surface area contributed by atoms with Crippen molar-refractivity contribution in [2.24, 2.45) is 0 Å². The molecule has 0 aromatic carbocycles. The van der Waals surface area contributed by atoms with Crippen molar-refractivity contribution >= 4 is 33.0 Å². The van der Waals surface area contributed by atoms with Gasteiger partial charge in [-0.1, -0.05) is 0 Å². The number of nitrogens with zero attached hydrogens (tertiary/aromatic N) is 3. The van der Waals surface area contributed by atoms with Gasteiger partial charge in [0.05, 0.1) is 15.7 Å². The Balaban J connectivity index is 1.66. The van der Waals surface area contributed by atoms with Crippen molar-refractivity contribution in [2.45, 2.75) is 6.54 Å². The van der Waals surface area contributed by atoms with E-state index in [9.17, 15) is 0 Å². The van der Waals surface area contributed by atoms with Crippen LogP contribution in [0.2, 0.25) is 0 Å². The molecule has 0 saturated carbocycles. The molecule has 3 aromatic rings. The molecule has 0 atom stereocenters. The first-order valence-electron chi connectivity index (χ1n) is 5.72. The molecule has 6 heteroatoms. The molecule has 19 heavy (non-hydrogen) atoms. The Hall–Kier alpha value is -1.66. The average molecular weight is 335 g/mol. The number of rotatable bonds is 4. The molecular formula is C13H11BrN4S. The lowest BCUT2D eigenvalue weighted by atomic mass is 10.3. The van der Waals surface area contributed by atoms with Gasteiger partial charge in [0.25, 0.3) is 0 Å². The van der Waals surface area contributed by atoms with Crippen LogP contribution < -0.4 is 5.32 Å². The number of pyridine rings is 1. The Labute approximate surface area is 123 Å². The summed E-state index contributed by atoms with van der Waals surface area (Å²) in [6.07, 6.45) is 7.18. The number of anilines is 1. The van der Waals surface area contributed by atoms with Crippen LogP contribution in [0.4, 0.5) is 5.69 Å². The van der Waals surface area contributed by atoms with E-state index in [0.29, 0.717) is 0 Å². The zero-order valence-corrected chi connectivity index (χ0v) is 12.4. The minimum atomic E-state index is 0.800. The molecule has 0 unspecified atom stereocenters. The second kappa shape index (κ2) is 5.54. The number of aromatic nitrogens is 3. The van der Waals surface area contributed by atoms with Gasteiger partial charge in [-0.3, -0.25) is 4.57 Å². The van der Waals surface area contributed by atoms with Crippen molar-refractivity contribution in [1.82, 2.24) is 14.5 Å². The van der Waals surface area contributed by atoms with Crippen LogP contribution in [0.25, 0.3) is 5.82 Å². The Bertz CT molecular complexity index is 646. The fraction of sp³-hybridized carbons (Fsp3) is 0.0769. The van der Waals surface area contributed by atoms with Gasteiger partial charge in [-0.15, -0.1) is 11.3 Å². The smallest absolute Gasteiger partial charge is 0.137 e. The normalized spacial score (nSPS) is 10.6. The summed E-state index contributed by atoms with van der Waals surface area (Å²) in [5.41, 5.74) is 2.27. The van der Waals surface area contributed by atoms with Crippen molar-refractivity contribution < 1.29 is 0 Å². The van der Waals surface area contributed by atoms with Crippen LogP contribution in [-0.4, -0.2) is 14.5 Å². The number of halogens is 1. The molecule has 0 aliphatic rings. The highest BCUT2D eigenvalue weighted by molar-refractivity contribution is 9.11. The van der Waals surface area contributed by atoms with Crippen LogP contribution in [0, 0.1) is 0 Å². The second-order valence-corrected chi connectivity index (χ2v) is 6.28. The molecule has 3 heterocycles. The van der Waals surface area contributed by atoms with Gasteiger partial charge in [-0.05, 0) is 45.1 Å². The van der Waals surface area contributed by atoms with Crippen molar-refractivity contribution in [2.75, 3.05) is 5.32 Å². The van der Waals surface area contributed by atoms with E-state index in [4.69, 9.17) is 0 Å². The maximum Gasteiger partial charge on any atom is 0.137 e. The maximum atomic E-state index is 4.39. The Morgan fingerprint density at radius 1 is 1.37 bits per heavy atom. The highest BCUT2D eigenvalue weighted by Crippen LogP contribution is 2.21. The van der Waals surface area contributed by atoms with E-state index in [-0.39, 0.29) is 0 Å². The van der Waals surface area contributed by atoms with Crippen molar-refractivity contribution in [3.05, 3.63) is 57.8 Å². The van der Waals surface area contributed by atoms with Crippen LogP contribution in [0.5, 0.6) is 0 Å². The number of hydrogen-bond acceptors (Lipinski definition) is 4. The van der Waals surface area contributed by atoms with Gasteiger partial charge in [0.1, 0.15) is 12.1 Å². The standard InChI is InChI=1S/C13H11BrN4S/c14-12-5-10(8-19-12)6-16-11-1-2-13(17-7-11)18-4-3-15-9-18/h1-5,7-9,16H,6H2. The third-order valence-corrected chi connectivity index (χ3v) is 4.19. The molecule has 96 valence electrons. The molecule has 3 rings (SSSR count). The lowest BCUT2D eigenvalue weighted by Gasteiger charge is -2.06. The topological polar surface area (TPSA) is 42.7 Å². The molecule has 0 fully saturated rings. The molecule has 0 bridgehead atoms. The van der Waals surface area contributed by atoms with Gasteiger partial charge in [-0.2, -0.15) is 0 Å². The molecule has 0 radical (unpaired) electrons. The van der Waals surface area contributed by atoms with E-state index >= 15 is 0 Å². The van der Waals surface area contributed by atoms with Crippen molar-refractivity contribution in [1.29, 1.82) is 0 Å². The SMILES string of the molecule is Brc1cc(CNc2ccc(-n3ccnc3)nc2)cs1. The van der Waals surface area contributed by atoms with Gasteiger partial charge in [0.15, 0.2) is 0 Å². The van der Waals surface area contributed by atoms with Crippen LogP contribution in [0.3, 0.4) is 0 Å². The molecule has 0 amide bonds. The van der Waals surface area contributed by atoms with E-state index in [0.717, 1.165) is 21.8 Å². The minimum absolute atomic E-state index is 0.800. The molecule has 0 saturated heterocycles. The first-order valence-corrected chi connectivity index (χ1v) is 7.40. The first-order chi connectivity index (χ1) is 9.31. The van der Waals surface area contributed by atoms with Gasteiger partial charge in [-0.25, -0.2) is 9.97 Å². The molecule has 0 spiro atoms. The predicted octanol–water partition coefficient (Wildman–Crippen LogP) is 3.70. The lowest BCUT2D eigenvalue weighted by Crippen LogP contribution is -2.00. The molecular weight excluding hydrogens is 324 g/mol. The van der Waals surface area contributed by atoms with Crippen LogP contribution in [0.15, 0.2) is 52.3 Å². The lowest BCUT2D eigenvalue weighted by molar-refractivity contribution is 0.991. The zero-order chi connectivity index (χ0) is 13.1. The zero-order valence-electron chi connectivity index (χ0n) is 9.95. The van der Waals surface area contributed by atoms with Gasteiger partial charge >= 0.3 is 0 Å². The van der Waals surface area contributed by atoms with E-state index in [1.807, 2.05) is 29.1 Å². The Morgan fingerprint density at radius 3 is 2.95 bits per heavy atom. The van der Waals surface area contributed by atoms with Crippen molar-refractivity contribution in [3.8, 4) is 5.82 Å². The summed E-state index contributed by atoms with van der Waals surface area (Å²) in [4.78, 5) is 8.40. The monoisotopic (exact) mass is 334 g/mol. The fourth-order valence-corrected chi connectivity index (χ4v) is 2.89. The summed E-state index contributed by atoms with van der Waals surface area (Å²) >= 11 is 5.15. The van der Waals surface area contributed by atoms with E-state index in [2.05, 4.69) is 42.7 Å². The van der Waals surface area contributed by atoms with Gasteiger partial charge in [0.2, 0.25) is 0 Å². The predicted molar refractivity (Wildman–Crippen MR) is 80.7 cm³/mol. The third kappa shape index (κ3) is 3.02. The highest BCUT2D eigenvalue weighted by Gasteiger charge is 2.00. The quantitative estimate of drug-likeness (QED) is 0.790. The number of nitrogens with one attached hydrogen (secondary N) is 1. The van der Waals surface area contributed by atoms with E-state index < -0.39 is 0 Å². The fourth-order valence-electron chi connectivity index (χ4n) is 1.68. The highest BCUT2D eigenvalue weighted by atomic mass is 79.9. The summed E-state index contributed by atoms with van der Waals surface area (Å²) in [7, 11) is 0. The summed E-state index contributed by atoms with van der Waals surface area (Å²) in [6, 6.07) is 6.10. The van der Waals surface area contributed by atoms with Gasteiger partial charge in [0, 0.05) is 18.9 Å². The molecule has 0 aliphatic carbocycles. The maximum absolute atomic E-state index is 4.39. The van der Waals surface area contributed by atoms with Crippen LogP contribution in [0.1, 0.15) is 5.56 Å².